The Morgan fingerprint density at radius 2 is 1.61 bits per heavy atom. The largest absolute Gasteiger partial charge is 0.492 e. The van der Waals surface area contributed by atoms with E-state index in [1.165, 1.54) is 11.1 Å². The molecule has 0 unspecified atom stereocenters. The zero-order valence-electron chi connectivity index (χ0n) is 23.7. The van der Waals surface area contributed by atoms with E-state index in [2.05, 4.69) is 34.6 Å². The first-order chi connectivity index (χ1) is 19.7. The van der Waals surface area contributed by atoms with E-state index in [1.54, 1.807) is 6.20 Å². The summed E-state index contributed by atoms with van der Waals surface area (Å²) in [7, 11) is -0.665. The van der Waals surface area contributed by atoms with Gasteiger partial charge in [-0.15, -0.1) is 0 Å². The first-order valence-corrected chi connectivity index (χ1v) is 13.9. The van der Waals surface area contributed by atoms with Crippen LogP contribution in [-0.2, 0) is 14.0 Å². The summed E-state index contributed by atoms with van der Waals surface area (Å²) in [6.07, 6.45) is 3.95. The van der Waals surface area contributed by atoms with Crippen molar-refractivity contribution >= 4 is 36.5 Å². The molecule has 1 aromatic heterocycles. The molecule has 8 heteroatoms. The molecule has 0 saturated carbocycles. The predicted molar refractivity (Wildman–Crippen MR) is 161 cm³/mol. The van der Waals surface area contributed by atoms with Crippen molar-refractivity contribution in [1.82, 2.24) is 10.3 Å². The van der Waals surface area contributed by atoms with E-state index in [-0.39, 0.29) is 19.1 Å². The van der Waals surface area contributed by atoms with Gasteiger partial charge in [0.1, 0.15) is 6.61 Å². The van der Waals surface area contributed by atoms with E-state index in [1.807, 2.05) is 76.2 Å². The molecule has 7 nitrogen and oxygen atoms in total. The van der Waals surface area contributed by atoms with E-state index >= 15 is 0 Å². The highest BCUT2D eigenvalue weighted by atomic mass is 16.7. The third-order valence-corrected chi connectivity index (χ3v) is 8.55. The Bertz CT molecular complexity index is 1610. The van der Waals surface area contributed by atoms with Gasteiger partial charge in [0.2, 0.25) is 0 Å². The minimum absolute atomic E-state index is 0.0219. The minimum Gasteiger partial charge on any atom is -0.449 e. The summed E-state index contributed by atoms with van der Waals surface area (Å²) in [6, 6.07) is 22.3. The zero-order chi connectivity index (χ0) is 28.8. The van der Waals surface area contributed by atoms with Crippen molar-refractivity contribution < 1.29 is 23.6 Å². The number of benzene rings is 3. The van der Waals surface area contributed by atoms with Crippen LogP contribution in [0.25, 0.3) is 28.1 Å². The van der Waals surface area contributed by atoms with Gasteiger partial charge in [-0.1, -0.05) is 60.7 Å². The molecule has 0 atom stereocenters. The number of carbonyl (C=O) groups is 2. The molecule has 1 amide bonds. The van der Waals surface area contributed by atoms with Crippen molar-refractivity contribution in [2.24, 2.45) is 0 Å². The van der Waals surface area contributed by atoms with Gasteiger partial charge in [-0.2, -0.15) is 0 Å². The Balaban J connectivity index is 1.20. The van der Waals surface area contributed by atoms with Crippen LogP contribution >= 0.6 is 0 Å². The van der Waals surface area contributed by atoms with E-state index in [9.17, 15) is 9.59 Å². The number of aromatic nitrogens is 1. The van der Waals surface area contributed by atoms with Crippen LogP contribution in [0.15, 0.2) is 78.4 Å². The van der Waals surface area contributed by atoms with Crippen molar-refractivity contribution in [2.45, 2.75) is 44.8 Å². The molecule has 0 bridgehead atoms. The molecule has 1 aliphatic heterocycles. The van der Waals surface area contributed by atoms with Crippen molar-refractivity contribution in [3.63, 3.8) is 0 Å². The molecule has 41 heavy (non-hydrogen) atoms. The van der Waals surface area contributed by atoms with Crippen LogP contribution in [0, 0.1) is 0 Å². The topological polar surface area (TPSA) is 89.7 Å². The quantitative estimate of drug-likeness (QED) is 0.202. The zero-order valence-corrected chi connectivity index (χ0v) is 23.7. The van der Waals surface area contributed by atoms with Crippen LogP contribution in [0.4, 0.5) is 4.79 Å². The second-order valence-electron chi connectivity index (χ2n) is 11.7. The Hall–Kier alpha value is -4.14. The van der Waals surface area contributed by atoms with Crippen LogP contribution in [0.3, 0.4) is 0 Å². The number of hydrogen-bond acceptors (Lipinski definition) is 5. The van der Waals surface area contributed by atoms with Crippen LogP contribution < -0.4 is 5.32 Å². The van der Waals surface area contributed by atoms with Gasteiger partial charge in [-0.3, -0.25) is 4.79 Å². The highest BCUT2D eigenvalue weighted by molar-refractivity contribution is 6.56. The van der Waals surface area contributed by atoms with Crippen molar-refractivity contribution in [1.29, 1.82) is 0 Å². The number of ether oxygens (including phenoxy) is 1. The molecule has 2 heterocycles. The Kier molecular flexibility index (Phi) is 6.84. The number of aromatic amines is 1. The van der Waals surface area contributed by atoms with Gasteiger partial charge in [0.15, 0.2) is 6.29 Å². The van der Waals surface area contributed by atoms with Crippen LogP contribution in [-0.4, -0.2) is 48.8 Å². The summed E-state index contributed by atoms with van der Waals surface area (Å²) in [5.41, 5.74) is 6.65. The number of carbonyl (C=O) groups excluding carboxylic acids is 2. The number of amides is 1. The van der Waals surface area contributed by atoms with Crippen LogP contribution in [0.5, 0.6) is 0 Å². The summed E-state index contributed by atoms with van der Waals surface area (Å²) in [5.74, 6) is -0.0219. The maximum Gasteiger partial charge on any atom is 0.492 e. The molecule has 2 N–H and O–H groups in total. The van der Waals surface area contributed by atoms with Gasteiger partial charge in [0.25, 0.3) is 0 Å². The monoisotopic (exact) mass is 548 g/mol. The van der Waals surface area contributed by atoms with Gasteiger partial charge < -0.3 is 24.3 Å². The Labute approximate surface area is 240 Å². The molecule has 0 spiro atoms. The lowest BCUT2D eigenvalue weighted by Gasteiger charge is -2.32. The summed E-state index contributed by atoms with van der Waals surface area (Å²) in [5, 5.41) is 3.73. The second kappa shape index (κ2) is 10.4. The molecular formula is C33H33BN2O5. The van der Waals surface area contributed by atoms with Crippen molar-refractivity contribution in [3.05, 3.63) is 101 Å². The maximum absolute atomic E-state index is 13.0. The average molecular weight is 548 g/mol. The standard InChI is InChI=1S/C33H33BN2O5/c1-32(2)33(3,4)41-34(40-32)23(15-21-13-14-30-28(16-21)22(19-37)17-35-30)18-36-31(38)39-20-29-26-11-7-5-9-24(26)25-10-6-8-12-27(25)29/h5-17,19,29,35H,18,20H2,1-4H3,(H,36,38). The molecule has 1 saturated heterocycles. The third-order valence-electron chi connectivity index (χ3n) is 8.55. The SMILES string of the molecule is CC1(C)OB(C(=Cc2ccc3[nH]cc(C=O)c3c2)CNC(=O)OCC2c3ccccc3-c3ccccc32)OC1(C)C. The molecule has 0 radical (unpaired) electrons. The first kappa shape index (κ1) is 27.1. The first-order valence-electron chi connectivity index (χ1n) is 13.9. The summed E-state index contributed by atoms with van der Waals surface area (Å²) >= 11 is 0. The average Bonchev–Trinajstić information content (AvgIpc) is 3.58. The number of aldehydes is 1. The Morgan fingerprint density at radius 3 is 2.24 bits per heavy atom. The fourth-order valence-corrected chi connectivity index (χ4v) is 5.58. The minimum atomic E-state index is -0.665. The van der Waals surface area contributed by atoms with Gasteiger partial charge in [0.05, 0.1) is 11.2 Å². The summed E-state index contributed by atoms with van der Waals surface area (Å²) in [4.78, 5) is 27.6. The van der Waals surface area contributed by atoms with Gasteiger partial charge in [-0.25, -0.2) is 4.79 Å². The fourth-order valence-electron chi connectivity index (χ4n) is 5.58. The lowest BCUT2D eigenvalue weighted by atomic mass is 9.77. The lowest BCUT2D eigenvalue weighted by Crippen LogP contribution is -2.41. The van der Waals surface area contributed by atoms with Crippen molar-refractivity contribution in [2.75, 3.05) is 13.2 Å². The number of rotatable bonds is 7. The molecular weight excluding hydrogens is 515 g/mol. The number of hydrogen-bond donors (Lipinski definition) is 2. The Morgan fingerprint density at radius 1 is 0.976 bits per heavy atom. The fraction of sp³-hybridized carbons (Fsp3) is 0.273. The van der Waals surface area contributed by atoms with Gasteiger partial charge in [-0.05, 0) is 73.1 Å². The number of H-pyrrole nitrogens is 1. The van der Waals surface area contributed by atoms with Crippen LogP contribution in [0.1, 0.15) is 60.7 Å². The third kappa shape index (κ3) is 4.98. The highest BCUT2D eigenvalue weighted by Crippen LogP contribution is 2.44. The number of alkyl carbamates (subject to hydrolysis) is 1. The number of fused-ring (bicyclic) bond motifs is 4. The normalized spacial score (nSPS) is 17.4. The van der Waals surface area contributed by atoms with Crippen molar-refractivity contribution in [3.8, 4) is 11.1 Å². The van der Waals surface area contributed by atoms with Gasteiger partial charge in [0, 0.05) is 35.1 Å². The molecule has 2 aliphatic rings. The molecule has 4 aromatic rings. The second-order valence-corrected chi connectivity index (χ2v) is 11.7. The lowest BCUT2D eigenvalue weighted by molar-refractivity contribution is 0.00578. The van der Waals surface area contributed by atoms with E-state index in [0.717, 1.165) is 39.4 Å². The van der Waals surface area contributed by atoms with E-state index in [0.29, 0.717) is 5.56 Å². The van der Waals surface area contributed by atoms with E-state index in [4.69, 9.17) is 14.0 Å². The highest BCUT2D eigenvalue weighted by Gasteiger charge is 2.52. The molecule has 1 fully saturated rings. The maximum atomic E-state index is 13.0. The van der Waals surface area contributed by atoms with Crippen LogP contribution in [0.2, 0.25) is 0 Å². The number of nitrogens with one attached hydrogen (secondary N) is 2. The molecule has 208 valence electrons. The molecule has 1 aliphatic carbocycles. The summed E-state index contributed by atoms with van der Waals surface area (Å²) < 4.78 is 18.4. The smallest absolute Gasteiger partial charge is 0.449 e. The summed E-state index contributed by atoms with van der Waals surface area (Å²) in [6.45, 7) is 8.36. The van der Waals surface area contributed by atoms with E-state index < -0.39 is 24.4 Å². The molecule has 6 rings (SSSR count). The van der Waals surface area contributed by atoms with Gasteiger partial charge >= 0.3 is 13.2 Å². The molecule has 3 aromatic carbocycles. The predicted octanol–water partition coefficient (Wildman–Crippen LogP) is 6.53.